The lowest BCUT2D eigenvalue weighted by Crippen LogP contribution is -2.46. The number of halogens is 2. The zero-order valence-electron chi connectivity index (χ0n) is 15.3. The Hall–Kier alpha value is -2.42. The fraction of sp³-hybridized carbons (Fsp3) is 0.368. The van der Waals surface area contributed by atoms with Crippen molar-refractivity contribution in [3.63, 3.8) is 0 Å². The van der Waals surface area contributed by atoms with Gasteiger partial charge >= 0.3 is 0 Å². The molecule has 0 atom stereocenters. The number of hydrogen-bond donors (Lipinski definition) is 2. The molecule has 2 N–H and O–H groups in total. The third-order valence-electron chi connectivity index (χ3n) is 5.13. The standard InChI is InChI=1S/C19H20ClFN4O3/c1-28-15-8-12(2-3-14(15)21)25-16(20)9-13-17(25)23-11-24(18(13)26)10-19(27)4-6-22-7-5-19/h2-3,8-9,11,22,27H,4-7,10H2,1H3. The molecule has 1 saturated heterocycles. The molecule has 1 aromatic carbocycles. The molecular formula is C19H20ClFN4O3. The zero-order valence-corrected chi connectivity index (χ0v) is 16.0. The van der Waals surface area contributed by atoms with Gasteiger partial charge in [0.1, 0.15) is 11.5 Å². The van der Waals surface area contributed by atoms with E-state index in [1.165, 1.54) is 42.3 Å². The van der Waals surface area contributed by atoms with Gasteiger partial charge in [-0.25, -0.2) is 9.37 Å². The van der Waals surface area contributed by atoms with Gasteiger partial charge in [0.05, 0.1) is 30.3 Å². The number of fused-ring (bicyclic) bond motifs is 1. The van der Waals surface area contributed by atoms with Crippen LogP contribution in [0.25, 0.3) is 16.7 Å². The van der Waals surface area contributed by atoms with Crippen LogP contribution in [0.5, 0.6) is 5.75 Å². The van der Waals surface area contributed by atoms with Crippen molar-refractivity contribution in [2.45, 2.75) is 25.0 Å². The molecule has 1 aliphatic heterocycles. The minimum absolute atomic E-state index is 0.0666. The van der Waals surface area contributed by atoms with Crippen molar-refractivity contribution in [2.24, 2.45) is 0 Å². The van der Waals surface area contributed by atoms with Crippen molar-refractivity contribution in [2.75, 3.05) is 20.2 Å². The third-order valence-corrected chi connectivity index (χ3v) is 5.41. The van der Waals surface area contributed by atoms with Crippen LogP contribution in [-0.4, -0.2) is 45.0 Å². The molecule has 0 bridgehead atoms. The van der Waals surface area contributed by atoms with Crippen molar-refractivity contribution >= 4 is 22.6 Å². The Kier molecular flexibility index (Phi) is 4.86. The van der Waals surface area contributed by atoms with Crippen LogP contribution in [0.4, 0.5) is 4.39 Å². The molecule has 0 spiro atoms. The molecule has 7 nitrogen and oxygen atoms in total. The lowest BCUT2D eigenvalue weighted by Gasteiger charge is -2.32. The zero-order chi connectivity index (χ0) is 19.9. The van der Waals surface area contributed by atoms with E-state index in [2.05, 4.69) is 10.3 Å². The van der Waals surface area contributed by atoms with Crippen LogP contribution < -0.4 is 15.6 Å². The van der Waals surface area contributed by atoms with Crippen molar-refractivity contribution in [1.29, 1.82) is 0 Å². The lowest BCUT2D eigenvalue weighted by atomic mass is 9.92. The van der Waals surface area contributed by atoms with Gasteiger partial charge < -0.3 is 15.2 Å². The van der Waals surface area contributed by atoms with Crippen molar-refractivity contribution in [1.82, 2.24) is 19.4 Å². The molecule has 0 unspecified atom stereocenters. The van der Waals surface area contributed by atoms with Crippen molar-refractivity contribution < 1.29 is 14.2 Å². The van der Waals surface area contributed by atoms with E-state index in [9.17, 15) is 14.3 Å². The highest BCUT2D eigenvalue weighted by atomic mass is 35.5. The first-order valence-electron chi connectivity index (χ1n) is 8.95. The van der Waals surface area contributed by atoms with Gasteiger partial charge in [0.2, 0.25) is 0 Å². The quantitative estimate of drug-likeness (QED) is 0.693. The molecule has 0 radical (unpaired) electrons. The maximum atomic E-state index is 13.7. The number of piperidine rings is 1. The van der Waals surface area contributed by atoms with E-state index in [0.717, 1.165) is 0 Å². The molecule has 0 amide bonds. The van der Waals surface area contributed by atoms with E-state index in [-0.39, 0.29) is 23.0 Å². The maximum absolute atomic E-state index is 13.7. The van der Waals surface area contributed by atoms with Gasteiger partial charge in [-0.15, -0.1) is 0 Å². The number of methoxy groups -OCH3 is 1. The monoisotopic (exact) mass is 406 g/mol. The number of nitrogens with one attached hydrogen (secondary N) is 1. The van der Waals surface area contributed by atoms with Gasteiger partial charge in [0.25, 0.3) is 5.56 Å². The molecule has 1 fully saturated rings. The molecule has 148 valence electrons. The number of aliphatic hydroxyl groups is 1. The molecule has 3 aromatic rings. The number of rotatable bonds is 4. The topological polar surface area (TPSA) is 81.3 Å². The largest absolute Gasteiger partial charge is 0.494 e. The number of benzene rings is 1. The summed E-state index contributed by atoms with van der Waals surface area (Å²) < 4.78 is 21.7. The summed E-state index contributed by atoms with van der Waals surface area (Å²) in [7, 11) is 1.37. The number of hydrogen-bond acceptors (Lipinski definition) is 5. The maximum Gasteiger partial charge on any atom is 0.262 e. The highest BCUT2D eigenvalue weighted by Gasteiger charge is 2.30. The van der Waals surface area contributed by atoms with Crippen LogP contribution in [0, 0.1) is 5.82 Å². The summed E-state index contributed by atoms with van der Waals surface area (Å²) in [6.45, 7) is 1.58. The Labute approximate surface area is 165 Å². The Bertz CT molecular complexity index is 1090. The van der Waals surface area contributed by atoms with Gasteiger partial charge in [0, 0.05) is 6.07 Å². The van der Waals surface area contributed by atoms with Crippen LogP contribution in [0.15, 0.2) is 35.4 Å². The summed E-state index contributed by atoms with van der Waals surface area (Å²) >= 11 is 6.36. The van der Waals surface area contributed by atoms with Gasteiger partial charge in [-0.1, -0.05) is 11.6 Å². The first-order valence-corrected chi connectivity index (χ1v) is 9.33. The lowest BCUT2D eigenvalue weighted by molar-refractivity contribution is -0.00627. The first kappa shape index (κ1) is 18.9. The van der Waals surface area contributed by atoms with Crippen LogP contribution >= 0.6 is 11.6 Å². The average molecular weight is 407 g/mol. The van der Waals surface area contributed by atoms with E-state index in [0.29, 0.717) is 42.7 Å². The molecule has 9 heteroatoms. The fourth-order valence-corrected chi connectivity index (χ4v) is 3.89. The SMILES string of the molecule is COc1cc(-n2c(Cl)cc3c(=O)n(CC4(O)CCNCC4)cnc32)ccc1F. The molecule has 4 rings (SSSR count). The Morgan fingerprint density at radius 1 is 1.36 bits per heavy atom. The second-order valence-electron chi connectivity index (χ2n) is 7.01. The first-order chi connectivity index (χ1) is 13.4. The predicted molar refractivity (Wildman–Crippen MR) is 104 cm³/mol. The Morgan fingerprint density at radius 2 is 2.11 bits per heavy atom. The smallest absolute Gasteiger partial charge is 0.262 e. The molecule has 0 aliphatic carbocycles. The summed E-state index contributed by atoms with van der Waals surface area (Å²) in [5.74, 6) is -0.429. The van der Waals surface area contributed by atoms with Crippen LogP contribution in [0.2, 0.25) is 5.15 Å². The predicted octanol–water partition coefficient (Wildman–Crippen LogP) is 2.10. The second kappa shape index (κ2) is 7.20. The van der Waals surface area contributed by atoms with Gasteiger partial charge in [-0.05, 0) is 44.1 Å². The number of aromatic nitrogens is 3. The molecule has 3 heterocycles. The van der Waals surface area contributed by atoms with Gasteiger partial charge in [0.15, 0.2) is 17.2 Å². The van der Waals surface area contributed by atoms with Gasteiger partial charge in [-0.3, -0.25) is 13.9 Å². The van der Waals surface area contributed by atoms with Gasteiger partial charge in [-0.2, -0.15) is 0 Å². The summed E-state index contributed by atoms with van der Waals surface area (Å²) in [4.78, 5) is 17.4. The summed E-state index contributed by atoms with van der Waals surface area (Å²) in [5, 5.41) is 14.5. The fourth-order valence-electron chi connectivity index (χ4n) is 3.60. The highest BCUT2D eigenvalue weighted by molar-refractivity contribution is 6.31. The third kappa shape index (κ3) is 3.28. The van der Waals surface area contributed by atoms with Crippen LogP contribution in [0.3, 0.4) is 0 Å². The normalized spacial score (nSPS) is 16.4. The average Bonchev–Trinajstić information content (AvgIpc) is 3.02. The second-order valence-corrected chi connectivity index (χ2v) is 7.40. The van der Waals surface area contributed by atoms with E-state index < -0.39 is 11.4 Å². The van der Waals surface area contributed by atoms with Crippen LogP contribution in [0.1, 0.15) is 12.8 Å². The van der Waals surface area contributed by atoms with E-state index in [1.54, 1.807) is 4.57 Å². The highest BCUT2D eigenvalue weighted by Crippen LogP contribution is 2.28. The summed E-state index contributed by atoms with van der Waals surface area (Å²) in [5.41, 5.74) is -0.343. The minimum Gasteiger partial charge on any atom is -0.494 e. The summed E-state index contributed by atoms with van der Waals surface area (Å²) in [6.07, 6.45) is 2.54. The van der Waals surface area contributed by atoms with Crippen molar-refractivity contribution in [3.8, 4) is 11.4 Å². The number of nitrogens with zero attached hydrogens (tertiary/aromatic N) is 3. The Balaban J connectivity index is 1.78. The van der Waals surface area contributed by atoms with E-state index >= 15 is 0 Å². The Morgan fingerprint density at radius 3 is 2.82 bits per heavy atom. The molecular weight excluding hydrogens is 387 g/mol. The number of ether oxygens (including phenoxy) is 1. The van der Waals surface area contributed by atoms with Crippen molar-refractivity contribution in [3.05, 3.63) is 51.9 Å². The van der Waals surface area contributed by atoms with E-state index in [4.69, 9.17) is 16.3 Å². The molecule has 2 aromatic heterocycles. The molecule has 0 saturated carbocycles. The van der Waals surface area contributed by atoms with E-state index in [1.807, 2.05) is 0 Å². The molecule has 1 aliphatic rings. The minimum atomic E-state index is -0.943. The molecule has 28 heavy (non-hydrogen) atoms. The summed E-state index contributed by atoms with van der Waals surface area (Å²) in [6, 6.07) is 5.83. The van der Waals surface area contributed by atoms with Crippen LogP contribution in [-0.2, 0) is 6.54 Å².